The summed E-state index contributed by atoms with van der Waals surface area (Å²) in [5.74, 6) is 0.480. The lowest BCUT2D eigenvalue weighted by atomic mass is 9.90. The molecule has 2 saturated heterocycles. The van der Waals surface area contributed by atoms with E-state index in [9.17, 15) is 5.11 Å². The van der Waals surface area contributed by atoms with Crippen molar-refractivity contribution in [1.82, 2.24) is 10.2 Å². The van der Waals surface area contributed by atoms with Crippen LogP contribution in [0.5, 0.6) is 0 Å². The van der Waals surface area contributed by atoms with Crippen LogP contribution in [0, 0.1) is 5.92 Å². The van der Waals surface area contributed by atoms with Crippen LogP contribution in [0.3, 0.4) is 0 Å². The average molecular weight is 156 g/mol. The molecule has 3 nitrogen and oxygen atoms in total. The number of likely N-dealkylation sites (tertiary alicyclic amines) is 1. The first-order valence-corrected chi connectivity index (χ1v) is 4.38. The number of nitrogens with one attached hydrogen (secondary N) is 1. The lowest BCUT2D eigenvalue weighted by Crippen LogP contribution is -2.48. The number of aliphatic hydroxyl groups excluding tert-OH is 1. The number of fused-ring (bicyclic) bond motifs is 1. The summed E-state index contributed by atoms with van der Waals surface area (Å²) in [4.78, 5) is 2.36. The van der Waals surface area contributed by atoms with Gasteiger partial charge in [0.1, 0.15) is 0 Å². The van der Waals surface area contributed by atoms with Crippen molar-refractivity contribution in [3.8, 4) is 0 Å². The molecule has 0 aliphatic carbocycles. The Morgan fingerprint density at radius 2 is 2.27 bits per heavy atom. The second-order valence-corrected chi connectivity index (χ2v) is 3.73. The fourth-order valence-electron chi connectivity index (χ4n) is 2.28. The van der Waals surface area contributed by atoms with Gasteiger partial charge in [-0.05, 0) is 13.5 Å². The number of rotatable bonds is 0. The summed E-state index contributed by atoms with van der Waals surface area (Å²) >= 11 is 0. The summed E-state index contributed by atoms with van der Waals surface area (Å²) < 4.78 is 0. The van der Waals surface area contributed by atoms with Gasteiger partial charge in [-0.3, -0.25) is 0 Å². The maximum absolute atomic E-state index is 9.63. The highest BCUT2D eigenvalue weighted by molar-refractivity contribution is 4.94. The zero-order chi connectivity index (χ0) is 7.84. The Balaban J connectivity index is 2.08. The van der Waals surface area contributed by atoms with E-state index in [1.54, 1.807) is 0 Å². The molecule has 0 spiro atoms. The normalized spacial score (nSPS) is 45.8. The van der Waals surface area contributed by atoms with Crippen LogP contribution in [0.2, 0.25) is 0 Å². The lowest BCUT2D eigenvalue weighted by molar-refractivity contribution is 0.0184. The molecule has 0 saturated carbocycles. The van der Waals surface area contributed by atoms with E-state index in [4.69, 9.17) is 0 Å². The van der Waals surface area contributed by atoms with E-state index in [0.717, 1.165) is 26.1 Å². The molecule has 3 atom stereocenters. The highest BCUT2D eigenvalue weighted by atomic mass is 16.3. The highest BCUT2D eigenvalue weighted by Gasteiger charge is 2.38. The second kappa shape index (κ2) is 2.73. The maximum Gasteiger partial charge on any atom is 0.0608 e. The molecule has 3 heteroatoms. The van der Waals surface area contributed by atoms with Gasteiger partial charge in [-0.2, -0.15) is 0 Å². The van der Waals surface area contributed by atoms with E-state index in [0.29, 0.717) is 12.0 Å². The topological polar surface area (TPSA) is 35.5 Å². The van der Waals surface area contributed by atoms with Crippen LogP contribution in [0.15, 0.2) is 0 Å². The van der Waals surface area contributed by atoms with Crippen molar-refractivity contribution < 1.29 is 5.11 Å². The summed E-state index contributed by atoms with van der Waals surface area (Å²) in [5.41, 5.74) is 0. The minimum Gasteiger partial charge on any atom is -0.393 e. The van der Waals surface area contributed by atoms with Crippen LogP contribution in [0.25, 0.3) is 0 Å². The molecular weight excluding hydrogens is 140 g/mol. The standard InChI is InChI=1S/C8H16N2O/c1-10-3-2-8(11)6-4-9-5-7(6)10/h6-9,11H,2-5H2,1H3. The first-order valence-electron chi connectivity index (χ1n) is 4.38. The van der Waals surface area contributed by atoms with Crippen LogP contribution in [-0.4, -0.2) is 48.8 Å². The molecule has 0 aromatic heterocycles. The number of likely N-dealkylation sites (N-methyl/N-ethyl adjacent to an activating group) is 1. The van der Waals surface area contributed by atoms with Gasteiger partial charge in [0.2, 0.25) is 0 Å². The molecule has 11 heavy (non-hydrogen) atoms. The Hall–Kier alpha value is -0.120. The Kier molecular flexibility index (Phi) is 1.87. The summed E-state index contributed by atoms with van der Waals surface area (Å²) in [6.45, 7) is 3.10. The van der Waals surface area contributed by atoms with Crippen molar-refractivity contribution in [1.29, 1.82) is 0 Å². The van der Waals surface area contributed by atoms with Crippen molar-refractivity contribution in [2.75, 3.05) is 26.7 Å². The van der Waals surface area contributed by atoms with Crippen molar-refractivity contribution in [3.05, 3.63) is 0 Å². The molecule has 0 bridgehead atoms. The molecule has 0 amide bonds. The predicted octanol–water partition coefficient (Wildman–Crippen LogP) is -0.729. The molecule has 64 valence electrons. The SMILES string of the molecule is CN1CCC(O)C2CNCC21. The third kappa shape index (κ3) is 1.17. The van der Waals surface area contributed by atoms with Crippen LogP contribution < -0.4 is 5.32 Å². The number of hydrogen-bond acceptors (Lipinski definition) is 3. The molecule has 0 aromatic rings. The van der Waals surface area contributed by atoms with Crippen molar-refractivity contribution in [2.24, 2.45) is 5.92 Å². The van der Waals surface area contributed by atoms with E-state index in [2.05, 4.69) is 17.3 Å². The average Bonchev–Trinajstić information content (AvgIpc) is 2.45. The number of aliphatic hydroxyl groups is 1. The van der Waals surface area contributed by atoms with Crippen LogP contribution >= 0.6 is 0 Å². The fraction of sp³-hybridized carbons (Fsp3) is 1.00. The maximum atomic E-state index is 9.63. The van der Waals surface area contributed by atoms with Crippen LogP contribution in [0.4, 0.5) is 0 Å². The Morgan fingerprint density at radius 1 is 1.45 bits per heavy atom. The van der Waals surface area contributed by atoms with Crippen molar-refractivity contribution in [2.45, 2.75) is 18.6 Å². The van der Waals surface area contributed by atoms with Crippen LogP contribution in [0.1, 0.15) is 6.42 Å². The van der Waals surface area contributed by atoms with E-state index in [1.165, 1.54) is 0 Å². The van der Waals surface area contributed by atoms with E-state index in [1.807, 2.05) is 0 Å². The summed E-state index contributed by atoms with van der Waals surface area (Å²) in [5, 5.41) is 13.0. The number of nitrogens with zero attached hydrogens (tertiary/aromatic N) is 1. The summed E-state index contributed by atoms with van der Waals surface area (Å²) in [7, 11) is 2.15. The van der Waals surface area contributed by atoms with Gasteiger partial charge in [0, 0.05) is 31.6 Å². The van der Waals surface area contributed by atoms with Gasteiger partial charge in [0.05, 0.1) is 6.10 Å². The van der Waals surface area contributed by atoms with Gasteiger partial charge >= 0.3 is 0 Å². The molecular formula is C8H16N2O. The Morgan fingerprint density at radius 3 is 3.00 bits per heavy atom. The van der Waals surface area contributed by atoms with Crippen LogP contribution in [-0.2, 0) is 0 Å². The fourth-order valence-corrected chi connectivity index (χ4v) is 2.28. The molecule has 2 rings (SSSR count). The van der Waals surface area contributed by atoms with Gasteiger partial charge in [-0.1, -0.05) is 0 Å². The Bertz CT molecular complexity index is 135. The molecule has 2 N–H and O–H groups in total. The first-order chi connectivity index (χ1) is 5.29. The minimum absolute atomic E-state index is 0.0637. The predicted molar refractivity (Wildman–Crippen MR) is 43.4 cm³/mol. The third-order valence-electron chi connectivity index (χ3n) is 3.07. The number of piperidine rings is 1. The first kappa shape index (κ1) is 7.53. The molecule has 2 heterocycles. The highest BCUT2D eigenvalue weighted by Crippen LogP contribution is 2.25. The van der Waals surface area contributed by atoms with Gasteiger partial charge in [-0.25, -0.2) is 0 Å². The smallest absolute Gasteiger partial charge is 0.0608 e. The van der Waals surface area contributed by atoms with Gasteiger partial charge in [0.15, 0.2) is 0 Å². The quantitative estimate of drug-likeness (QED) is 0.485. The van der Waals surface area contributed by atoms with E-state index >= 15 is 0 Å². The van der Waals surface area contributed by atoms with Crippen molar-refractivity contribution >= 4 is 0 Å². The van der Waals surface area contributed by atoms with Gasteiger partial charge in [0.25, 0.3) is 0 Å². The summed E-state index contributed by atoms with van der Waals surface area (Å²) in [6, 6.07) is 0.582. The summed E-state index contributed by atoms with van der Waals surface area (Å²) in [6.07, 6.45) is 0.880. The monoisotopic (exact) mass is 156 g/mol. The molecule has 2 fully saturated rings. The van der Waals surface area contributed by atoms with Gasteiger partial charge < -0.3 is 15.3 Å². The minimum atomic E-state index is -0.0637. The molecule has 2 aliphatic rings. The zero-order valence-corrected chi connectivity index (χ0v) is 6.95. The van der Waals surface area contributed by atoms with Gasteiger partial charge in [-0.15, -0.1) is 0 Å². The molecule has 0 aromatic carbocycles. The third-order valence-corrected chi connectivity index (χ3v) is 3.07. The molecule has 3 unspecified atom stereocenters. The van der Waals surface area contributed by atoms with Crippen molar-refractivity contribution in [3.63, 3.8) is 0 Å². The number of hydrogen-bond donors (Lipinski definition) is 2. The zero-order valence-electron chi connectivity index (χ0n) is 6.95. The molecule has 2 aliphatic heterocycles. The largest absolute Gasteiger partial charge is 0.393 e. The molecule has 0 radical (unpaired) electrons. The lowest BCUT2D eigenvalue weighted by Gasteiger charge is -2.37. The van der Waals surface area contributed by atoms with E-state index < -0.39 is 0 Å². The van der Waals surface area contributed by atoms with E-state index in [-0.39, 0.29) is 6.10 Å². The second-order valence-electron chi connectivity index (χ2n) is 3.73. The Labute approximate surface area is 67.4 Å².